The van der Waals surface area contributed by atoms with E-state index in [2.05, 4.69) is 10.3 Å². The first-order valence-electron chi connectivity index (χ1n) is 9.23. The summed E-state index contributed by atoms with van der Waals surface area (Å²) in [5.74, 6) is 1.12. The van der Waals surface area contributed by atoms with E-state index in [9.17, 15) is 14.4 Å². The Bertz CT molecular complexity index is 1130. The van der Waals surface area contributed by atoms with E-state index in [1.807, 2.05) is 18.2 Å². The van der Waals surface area contributed by atoms with E-state index in [0.29, 0.717) is 35.4 Å². The van der Waals surface area contributed by atoms with Crippen LogP contribution < -0.4 is 26.0 Å². The van der Waals surface area contributed by atoms with E-state index >= 15 is 0 Å². The highest BCUT2D eigenvalue weighted by Gasteiger charge is 2.09. The molecule has 0 aliphatic carbocycles. The fourth-order valence-electron chi connectivity index (χ4n) is 3.15. The Morgan fingerprint density at radius 2 is 1.83 bits per heavy atom. The van der Waals surface area contributed by atoms with Crippen molar-refractivity contribution in [3.63, 3.8) is 0 Å². The molecule has 8 nitrogen and oxygen atoms in total. The number of nitrogens with zero attached hydrogens (tertiary/aromatic N) is 1. The van der Waals surface area contributed by atoms with Crippen LogP contribution >= 0.6 is 0 Å². The zero-order valence-corrected chi connectivity index (χ0v) is 16.4. The number of hydrogen-bond acceptors (Lipinski definition) is 5. The van der Waals surface area contributed by atoms with Gasteiger partial charge in [-0.15, -0.1) is 0 Å². The van der Waals surface area contributed by atoms with Crippen LogP contribution in [0.1, 0.15) is 12.0 Å². The molecular formula is C21H23N3O5. The predicted octanol–water partition coefficient (Wildman–Crippen LogP) is 1.46. The van der Waals surface area contributed by atoms with Crippen molar-refractivity contribution in [2.45, 2.75) is 19.4 Å². The molecule has 2 aromatic carbocycles. The highest BCUT2D eigenvalue weighted by molar-refractivity contribution is 5.78. The molecule has 3 aromatic rings. The van der Waals surface area contributed by atoms with Gasteiger partial charge in [-0.3, -0.25) is 19.1 Å². The van der Waals surface area contributed by atoms with Crippen LogP contribution in [0.4, 0.5) is 0 Å². The van der Waals surface area contributed by atoms with Gasteiger partial charge in [0.15, 0.2) is 11.5 Å². The van der Waals surface area contributed by atoms with Gasteiger partial charge in [-0.2, -0.15) is 0 Å². The Kier molecular flexibility index (Phi) is 6.33. The lowest BCUT2D eigenvalue weighted by atomic mass is 10.1. The standard InChI is InChI=1S/C21H23N3O5/c1-28-17-8-7-14(13-18(17)29-2)9-11-22-19(25)10-12-24-16-6-4-3-5-15(16)20(26)23-21(24)27/h3-8,13H,9-12H2,1-2H3,(H,22,25)(H,23,26,27). The van der Waals surface area contributed by atoms with E-state index in [-0.39, 0.29) is 18.9 Å². The number of amides is 1. The minimum absolute atomic E-state index is 0.127. The molecular weight excluding hydrogens is 374 g/mol. The largest absolute Gasteiger partial charge is 0.493 e. The molecule has 0 saturated carbocycles. The monoisotopic (exact) mass is 397 g/mol. The number of benzene rings is 2. The Morgan fingerprint density at radius 1 is 1.07 bits per heavy atom. The van der Waals surface area contributed by atoms with Crippen LogP contribution in [0.25, 0.3) is 10.9 Å². The highest BCUT2D eigenvalue weighted by atomic mass is 16.5. The van der Waals surface area contributed by atoms with Crippen LogP contribution in [-0.2, 0) is 17.8 Å². The molecule has 0 unspecified atom stereocenters. The summed E-state index contributed by atoms with van der Waals surface area (Å²) in [7, 11) is 3.15. The third-order valence-electron chi connectivity index (χ3n) is 4.65. The molecule has 0 aliphatic heterocycles. The topological polar surface area (TPSA) is 102 Å². The molecule has 0 atom stereocenters. The van der Waals surface area contributed by atoms with Crippen molar-refractivity contribution >= 4 is 16.8 Å². The zero-order chi connectivity index (χ0) is 20.8. The summed E-state index contributed by atoms with van der Waals surface area (Å²) in [6.45, 7) is 0.633. The Morgan fingerprint density at radius 3 is 2.59 bits per heavy atom. The number of ether oxygens (including phenoxy) is 2. The first-order valence-corrected chi connectivity index (χ1v) is 9.23. The molecule has 0 saturated heterocycles. The summed E-state index contributed by atoms with van der Waals surface area (Å²) in [6, 6.07) is 12.4. The fourth-order valence-corrected chi connectivity index (χ4v) is 3.15. The molecule has 0 fully saturated rings. The van der Waals surface area contributed by atoms with Crippen molar-refractivity contribution in [2.24, 2.45) is 0 Å². The number of H-pyrrole nitrogens is 1. The molecule has 1 heterocycles. The van der Waals surface area contributed by atoms with Crippen molar-refractivity contribution in [3.8, 4) is 11.5 Å². The maximum Gasteiger partial charge on any atom is 0.328 e. The van der Waals surface area contributed by atoms with E-state index in [0.717, 1.165) is 5.56 Å². The molecule has 29 heavy (non-hydrogen) atoms. The van der Waals surface area contributed by atoms with Crippen LogP contribution in [0.2, 0.25) is 0 Å². The second kappa shape index (κ2) is 9.09. The molecule has 152 valence electrons. The van der Waals surface area contributed by atoms with Gasteiger partial charge in [0.05, 0.1) is 25.1 Å². The normalized spacial score (nSPS) is 10.7. The van der Waals surface area contributed by atoms with Crippen molar-refractivity contribution in [3.05, 3.63) is 68.9 Å². The number of fused-ring (bicyclic) bond motifs is 1. The minimum atomic E-state index is -0.521. The molecule has 8 heteroatoms. The van der Waals surface area contributed by atoms with Crippen LogP contribution in [0, 0.1) is 0 Å². The Balaban J connectivity index is 1.58. The summed E-state index contributed by atoms with van der Waals surface area (Å²) >= 11 is 0. The number of hydrogen-bond donors (Lipinski definition) is 2. The third kappa shape index (κ3) is 4.66. The second-order valence-electron chi connectivity index (χ2n) is 6.47. The molecule has 0 bridgehead atoms. The molecule has 0 spiro atoms. The van der Waals surface area contributed by atoms with E-state index < -0.39 is 11.2 Å². The van der Waals surface area contributed by atoms with E-state index in [1.54, 1.807) is 38.5 Å². The number of aryl methyl sites for hydroxylation is 1. The maximum atomic E-state index is 12.2. The minimum Gasteiger partial charge on any atom is -0.493 e. The molecule has 1 aromatic heterocycles. The molecule has 3 rings (SSSR count). The van der Waals surface area contributed by atoms with Gasteiger partial charge in [-0.05, 0) is 36.2 Å². The maximum absolute atomic E-state index is 12.2. The van der Waals surface area contributed by atoms with Crippen molar-refractivity contribution in [1.29, 1.82) is 0 Å². The average Bonchev–Trinajstić information content (AvgIpc) is 2.73. The van der Waals surface area contributed by atoms with E-state index in [1.165, 1.54) is 4.57 Å². The number of methoxy groups -OCH3 is 2. The number of aromatic nitrogens is 2. The summed E-state index contributed by atoms with van der Waals surface area (Å²) in [6.07, 6.45) is 0.759. The SMILES string of the molecule is COc1ccc(CCNC(=O)CCn2c(=O)[nH]c(=O)c3ccccc32)cc1OC. The second-order valence-corrected chi connectivity index (χ2v) is 6.47. The highest BCUT2D eigenvalue weighted by Crippen LogP contribution is 2.27. The average molecular weight is 397 g/mol. The number of carbonyl (C=O) groups is 1. The molecule has 2 N–H and O–H groups in total. The van der Waals surface area contributed by atoms with Gasteiger partial charge in [-0.1, -0.05) is 18.2 Å². The number of aromatic amines is 1. The number of para-hydroxylation sites is 1. The van der Waals surface area contributed by atoms with Crippen LogP contribution in [-0.4, -0.2) is 36.2 Å². The first-order chi connectivity index (χ1) is 14.0. The number of rotatable bonds is 8. The zero-order valence-electron chi connectivity index (χ0n) is 16.4. The van der Waals surface area contributed by atoms with Gasteiger partial charge in [-0.25, -0.2) is 4.79 Å². The van der Waals surface area contributed by atoms with E-state index in [4.69, 9.17) is 9.47 Å². The fraction of sp³-hybridized carbons (Fsp3) is 0.286. The predicted molar refractivity (Wildman–Crippen MR) is 110 cm³/mol. The van der Waals surface area contributed by atoms with Crippen LogP contribution in [0.15, 0.2) is 52.1 Å². The van der Waals surface area contributed by atoms with Crippen molar-refractivity contribution < 1.29 is 14.3 Å². The quantitative estimate of drug-likeness (QED) is 0.599. The lowest BCUT2D eigenvalue weighted by Gasteiger charge is -2.11. The van der Waals surface area contributed by atoms with Gasteiger partial charge in [0.2, 0.25) is 5.91 Å². The van der Waals surface area contributed by atoms with Gasteiger partial charge in [0, 0.05) is 19.5 Å². The molecule has 1 amide bonds. The molecule has 0 radical (unpaired) electrons. The van der Waals surface area contributed by atoms with Gasteiger partial charge in [0.1, 0.15) is 0 Å². The Hall–Kier alpha value is -3.55. The summed E-state index contributed by atoms with van der Waals surface area (Å²) in [5.41, 5.74) is 0.568. The summed E-state index contributed by atoms with van der Waals surface area (Å²) < 4.78 is 11.9. The van der Waals surface area contributed by atoms with Crippen molar-refractivity contribution in [1.82, 2.24) is 14.9 Å². The van der Waals surface area contributed by atoms with Gasteiger partial charge < -0.3 is 14.8 Å². The first kappa shape index (κ1) is 20.2. The number of nitrogens with one attached hydrogen (secondary N) is 2. The van der Waals surface area contributed by atoms with Crippen molar-refractivity contribution in [2.75, 3.05) is 20.8 Å². The summed E-state index contributed by atoms with van der Waals surface area (Å²) in [5, 5.41) is 3.27. The smallest absolute Gasteiger partial charge is 0.328 e. The van der Waals surface area contributed by atoms with Gasteiger partial charge >= 0.3 is 5.69 Å². The van der Waals surface area contributed by atoms with Crippen LogP contribution in [0.5, 0.6) is 11.5 Å². The molecule has 0 aliphatic rings. The lowest BCUT2D eigenvalue weighted by molar-refractivity contribution is -0.121. The lowest BCUT2D eigenvalue weighted by Crippen LogP contribution is -2.33. The summed E-state index contributed by atoms with van der Waals surface area (Å²) in [4.78, 5) is 38.5. The van der Waals surface area contributed by atoms with Crippen LogP contribution in [0.3, 0.4) is 0 Å². The Labute approximate surface area is 167 Å². The number of carbonyl (C=O) groups excluding carboxylic acids is 1. The third-order valence-corrected chi connectivity index (χ3v) is 4.65. The van der Waals surface area contributed by atoms with Gasteiger partial charge in [0.25, 0.3) is 5.56 Å².